The maximum atomic E-state index is 8.76. The molecule has 2 aromatic rings. The first-order valence-electron chi connectivity index (χ1n) is 4.72. The molecule has 0 spiro atoms. The standard InChI is InChI=1S/C5H7N3O.C4H5ClN4/c1-3-2-4(9)8-5(6)7-3;5-2-1-3(6)9-4(7)8-2/h2H,1H3,(H3,6,7,8,9);1H,(H4,6,7,8,9). The maximum Gasteiger partial charge on any atom is 0.223 e. The lowest BCUT2D eigenvalue weighted by atomic mass is 10.4. The van der Waals surface area contributed by atoms with Gasteiger partial charge < -0.3 is 22.3 Å². The molecule has 0 fully saturated rings. The van der Waals surface area contributed by atoms with Crippen LogP contribution in [0.5, 0.6) is 5.88 Å². The molecule has 2 rings (SSSR count). The third kappa shape index (κ3) is 4.66. The van der Waals surface area contributed by atoms with Gasteiger partial charge >= 0.3 is 0 Å². The quantitative estimate of drug-likeness (QED) is 0.501. The SMILES string of the molecule is Cc1cc(O)nc(N)n1.Nc1cc(Cl)nc(N)n1. The number of hydrogen-bond donors (Lipinski definition) is 4. The number of rotatable bonds is 0. The average Bonchev–Trinajstić information content (AvgIpc) is 2.12. The van der Waals surface area contributed by atoms with Crippen molar-refractivity contribution in [1.29, 1.82) is 0 Å². The summed E-state index contributed by atoms with van der Waals surface area (Å²) in [6.45, 7) is 1.73. The summed E-state index contributed by atoms with van der Waals surface area (Å²) in [7, 11) is 0. The van der Waals surface area contributed by atoms with E-state index < -0.39 is 0 Å². The van der Waals surface area contributed by atoms with E-state index in [1.807, 2.05) is 0 Å². The van der Waals surface area contributed by atoms with Crippen LogP contribution in [-0.2, 0) is 0 Å². The number of halogens is 1. The lowest BCUT2D eigenvalue weighted by Crippen LogP contribution is -1.98. The van der Waals surface area contributed by atoms with Crippen molar-refractivity contribution in [2.45, 2.75) is 6.92 Å². The molecule has 0 aliphatic heterocycles. The van der Waals surface area contributed by atoms with Crippen molar-refractivity contribution >= 4 is 29.3 Å². The fourth-order valence-corrected chi connectivity index (χ4v) is 1.23. The molecule has 2 heterocycles. The maximum absolute atomic E-state index is 8.76. The predicted octanol–water partition coefficient (Wildman–Crippen LogP) is 0.367. The van der Waals surface area contributed by atoms with Gasteiger partial charge in [-0.1, -0.05) is 11.6 Å². The van der Waals surface area contributed by atoms with E-state index in [-0.39, 0.29) is 28.7 Å². The first-order valence-corrected chi connectivity index (χ1v) is 5.10. The van der Waals surface area contributed by atoms with Gasteiger partial charge in [0, 0.05) is 17.8 Å². The lowest BCUT2D eigenvalue weighted by Gasteiger charge is -1.93. The monoisotopic (exact) mass is 269 g/mol. The van der Waals surface area contributed by atoms with Crippen LogP contribution in [-0.4, -0.2) is 25.0 Å². The Balaban J connectivity index is 0.000000180. The second-order valence-electron chi connectivity index (χ2n) is 3.20. The van der Waals surface area contributed by atoms with Crippen molar-refractivity contribution < 1.29 is 5.11 Å². The number of anilines is 3. The van der Waals surface area contributed by atoms with Crippen LogP contribution in [0.3, 0.4) is 0 Å². The zero-order valence-corrected chi connectivity index (χ0v) is 10.3. The lowest BCUT2D eigenvalue weighted by molar-refractivity contribution is 0.452. The van der Waals surface area contributed by atoms with Crippen molar-refractivity contribution in [3.8, 4) is 5.88 Å². The minimum Gasteiger partial charge on any atom is -0.493 e. The van der Waals surface area contributed by atoms with Crippen LogP contribution in [0, 0.1) is 6.92 Å². The van der Waals surface area contributed by atoms with Gasteiger partial charge in [-0.15, -0.1) is 0 Å². The Morgan fingerprint density at radius 3 is 2.06 bits per heavy atom. The first-order chi connectivity index (χ1) is 8.36. The van der Waals surface area contributed by atoms with Crippen molar-refractivity contribution in [3.63, 3.8) is 0 Å². The van der Waals surface area contributed by atoms with E-state index in [0.717, 1.165) is 0 Å². The zero-order chi connectivity index (χ0) is 13.7. The highest BCUT2D eigenvalue weighted by molar-refractivity contribution is 6.29. The molecule has 7 N–H and O–H groups in total. The zero-order valence-electron chi connectivity index (χ0n) is 9.50. The molecule has 0 bridgehead atoms. The van der Waals surface area contributed by atoms with Crippen LogP contribution in [0.2, 0.25) is 5.15 Å². The molecule has 0 aliphatic rings. The van der Waals surface area contributed by atoms with Gasteiger partial charge in [0.25, 0.3) is 0 Å². The van der Waals surface area contributed by atoms with E-state index in [9.17, 15) is 0 Å². The van der Waals surface area contributed by atoms with Gasteiger partial charge in [-0.3, -0.25) is 0 Å². The fourth-order valence-electron chi connectivity index (χ4n) is 1.03. The minimum absolute atomic E-state index is 0.0833. The number of aromatic hydroxyl groups is 1. The summed E-state index contributed by atoms with van der Waals surface area (Å²) in [6.07, 6.45) is 0. The highest BCUT2D eigenvalue weighted by Gasteiger charge is 1.94. The molecule has 0 aromatic carbocycles. The van der Waals surface area contributed by atoms with Gasteiger partial charge in [0.05, 0.1) is 0 Å². The van der Waals surface area contributed by atoms with Crippen molar-refractivity contribution in [2.24, 2.45) is 0 Å². The van der Waals surface area contributed by atoms with E-state index >= 15 is 0 Å². The average molecular weight is 270 g/mol. The summed E-state index contributed by atoms with van der Waals surface area (Å²) in [5.74, 6) is 0.403. The van der Waals surface area contributed by atoms with Gasteiger partial charge in [0.1, 0.15) is 11.0 Å². The molecule has 18 heavy (non-hydrogen) atoms. The minimum atomic E-state index is -0.0833. The summed E-state index contributed by atoms with van der Waals surface area (Å²) >= 11 is 5.44. The summed E-state index contributed by atoms with van der Waals surface area (Å²) < 4.78 is 0. The van der Waals surface area contributed by atoms with Crippen LogP contribution in [0.25, 0.3) is 0 Å². The number of nitrogens with two attached hydrogens (primary N) is 3. The van der Waals surface area contributed by atoms with Crippen LogP contribution in [0.1, 0.15) is 5.69 Å². The molecule has 0 amide bonds. The van der Waals surface area contributed by atoms with Crippen molar-refractivity contribution in [2.75, 3.05) is 17.2 Å². The summed E-state index contributed by atoms with van der Waals surface area (Å²) in [4.78, 5) is 14.4. The van der Waals surface area contributed by atoms with Crippen LogP contribution < -0.4 is 17.2 Å². The molecule has 0 saturated heterocycles. The van der Waals surface area contributed by atoms with E-state index in [0.29, 0.717) is 5.69 Å². The Bertz CT molecular complexity index is 398. The Labute approximate surface area is 108 Å². The number of nitrogen functional groups attached to an aromatic ring is 3. The van der Waals surface area contributed by atoms with E-state index in [1.165, 1.54) is 12.1 Å². The summed E-state index contributed by atoms with van der Waals surface area (Å²) in [5.41, 5.74) is 16.3. The Kier molecular flexibility index (Phi) is 4.44. The molecular formula is C9H12ClN7O. The molecule has 0 unspecified atom stereocenters. The normalized spacial score (nSPS) is 9.44. The molecule has 2 aromatic heterocycles. The van der Waals surface area contributed by atoms with E-state index in [4.69, 9.17) is 33.9 Å². The fraction of sp³-hybridized carbons (Fsp3) is 0.111. The number of nitrogens with zero attached hydrogens (tertiary/aromatic N) is 4. The van der Waals surface area contributed by atoms with Gasteiger partial charge in [-0.2, -0.15) is 9.97 Å². The van der Waals surface area contributed by atoms with E-state index in [2.05, 4.69) is 19.9 Å². The van der Waals surface area contributed by atoms with Crippen molar-refractivity contribution in [3.05, 3.63) is 23.0 Å². The molecular weight excluding hydrogens is 258 g/mol. The van der Waals surface area contributed by atoms with Gasteiger partial charge in [0.2, 0.25) is 17.8 Å². The topological polar surface area (TPSA) is 150 Å². The third-order valence-electron chi connectivity index (χ3n) is 1.59. The molecule has 0 aliphatic carbocycles. The van der Waals surface area contributed by atoms with Gasteiger partial charge in [0.15, 0.2) is 0 Å². The highest BCUT2D eigenvalue weighted by atomic mass is 35.5. The largest absolute Gasteiger partial charge is 0.493 e. The summed E-state index contributed by atoms with van der Waals surface area (Å²) in [5, 5.41) is 9.03. The first kappa shape index (κ1) is 13.7. The van der Waals surface area contributed by atoms with Gasteiger partial charge in [-0.05, 0) is 6.92 Å². The van der Waals surface area contributed by atoms with Crippen molar-refractivity contribution in [1.82, 2.24) is 19.9 Å². The highest BCUT2D eigenvalue weighted by Crippen LogP contribution is 2.08. The molecule has 96 valence electrons. The van der Waals surface area contributed by atoms with Crippen LogP contribution >= 0.6 is 11.6 Å². The Hall–Kier alpha value is -2.35. The molecule has 0 radical (unpaired) electrons. The number of aromatic nitrogens is 4. The second-order valence-corrected chi connectivity index (χ2v) is 3.59. The van der Waals surface area contributed by atoms with Crippen LogP contribution in [0.15, 0.2) is 12.1 Å². The van der Waals surface area contributed by atoms with Gasteiger partial charge in [-0.25, -0.2) is 9.97 Å². The molecule has 0 saturated carbocycles. The van der Waals surface area contributed by atoms with Crippen LogP contribution in [0.4, 0.5) is 17.7 Å². The smallest absolute Gasteiger partial charge is 0.223 e. The summed E-state index contributed by atoms with van der Waals surface area (Å²) in [6, 6.07) is 2.87. The molecule has 9 heteroatoms. The second kappa shape index (κ2) is 5.82. The third-order valence-corrected chi connectivity index (χ3v) is 1.78. The predicted molar refractivity (Wildman–Crippen MR) is 68.7 cm³/mol. The molecule has 8 nitrogen and oxygen atoms in total. The Morgan fingerprint density at radius 1 is 1.00 bits per heavy atom. The number of hydrogen-bond acceptors (Lipinski definition) is 8. The van der Waals surface area contributed by atoms with E-state index in [1.54, 1.807) is 6.92 Å². The molecule has 0 atom stereocenters. The Morgan fingerprint density at radius 2 is 1.61 bits per heavy atom. The number of aryl methyl sites for hydroxylation is 1.